The van der Waals surface area contributed by atoms with Crippen LogP contribution in [-0.4, -0.2) is 35.2 Å². The van der Waals surface area contributed by atoms with Crippen molar-refractivity contribution in [3.8, 4) is 0 Å². The average molecular weight is 302 g/mol. The molecule has 0 aromatic carbocycles. The fourth-order valence-electron chi connectivity index (χ4n) is 3.65. The molecule has 0 aromatic rings. The molecular formula is C17H22N2O3. The topological polar surface area (TPSA) is 66.5 Å². The summed E-state index contributed by atoms with van der Waals surface area (Å²) in [5.74, 6) is -0.660. The van der Waals surface area contributed by atoms with Gasteiger partial charge in [-0.15, -0.1) is 0 Å². The summed E-state index contributed by atoms with van der Waals surface area (Å²) in [7, 11) is 0. The first-order valence-electron chi connectivity index (χ1n) is 7.86. The molecule has 5 heteroatoms. The lowest BCUT2D eigenvalue weighted by molar-refractivity contribution is -0.142. The van der Waals surface area contributed by atoms with Gasteiger partial charge in [-0.2, -0.15) is 0 Å². The van der Waals surface area contributed by atoms with Crippen molar-refractivity contribution in [2.24, 2.45) is 5.41 Å². The van der Waals surface area contributed by atoms with E-state index in [-0.39, 0.29) is 23.1 Å². The molecule has 118 valence electrons. The Labute approximate surface area is 130 Å². The number of nitrogens with zero attached hydrogens (tertiary/aromatic N) is 1. The maximum Gasteiger partial charge on any atom is 0.254 e. The van der Waals surface area contributed by atoms with Crippen molar-refractivity contribution < 1.29 is 14.4 Å². The number of carbonyl (C=O) groups is 3. The van der Waals surface area contributed by atoms with E-state index in [0.29, 0.717) is 19.4 Å². The minimum atomic E-state index is -0.523. The summed E-state index contributed by atoms with van der Waals surface area (Å²) in [4.78, 5) is 37.7. The molecule has 22 heavy (non-hydrogen) atoms. The minimum absolute atomic E-state index is 0.0237. The largest absolute Gasteiger partial charge is 0.322 e. The molecule has 1 unspecified atom stereocenters. The number of fused-ring (bicyclic) bond motifs is 1. The first kappa shape index (κ1) is 15.0. The predicted molar refractivity (Wildman–Crippen MR) is 81.7 cm³/mol. The summed E-state index contributed by atoms with van der Waals surface area (Å²) in [5.41, 5.74) is 3.19. The Morgan fingerprint density at radius 2 is 1.91 bits per heavy atom. The Hall–Kier alpha value is -1.91. The molecule has 0 radical (unpaired) electrons. The first-order chi connectivity index (χ1) is 10.3. The zero-order valence-corrected chi connectivity index (χ0v) is 13.4. The number of hydrogen-bond donors (Lipinski definition) is 1. The van der Waals surface area contributed by atoms with E-state index in [9.17, 15) is 14.4 Å². The number of likely N-dealkylation sites (tertiary alicyclic amines) is 1. The number of carbonyl (C=O) groups excluding carboxylic acids is 3. The van der Waals surface area contributed by atoms with Crippen LogP contribution in [0.4, 0.5) is 0 Å². The van der Waals surface area contributed by atoms with Gasteiger partial charge in [0, 0.05) is 18.5 Å². The Morgan fingerprint density at radius 3 is 2.55 bits per heavy atom. The van der Waals surface area contributed by atoms with Gasteiger partial charge in [-0.25, -0.2) is 0 Å². The van der Waals surface area contributed by atoms with Crippen LogP contribution in [0.15, 0.2) is 22.8 Å². The molecule has 1 N–H and O–H groups in total. The summed E-state index contributed by atoms with van der Waals surface area (Å²) >= 11 is 0. The van der Waals surface area contributed by atoms with E-state index in [1.54, 1.807) is 4.90 Å². The highest BCUT2D eigenvalue weighted by molar-refractivity contribution is 6.07. The van der Waals surface area contributed by atoms with Crippen molar-refractivity contribution in [2.45, 2.75) is 52.5 Å². The van der Waals surface area contributed by atoms with E-state index in [1.165, 1.54) is 5.57 Å². The third-order valence-electron chi connectivity index (χ3n) is 4.74. The predicted octanol–water partition coefficient (Wildman–Crippen LogP) is 1.70. The summed E-state index contributed by atoms with van der Waals surface area (Å²) in [6.07, 6.45) is 4.56. The van der Waals surface area contributed by atoms with Gasteiger partial charge in [-0.1, -0.05) is 32.4 Å². The van der Waals surface area contributed by atoms with Crippen LogP contribution in [0.2, 0.25) is 0 Å². The SMILES string of the molecule is CC(C)(C)C1=C2CN(C3CCC(=O)NC3=O)C(=O)C2=CCC1. The Kier molecular flexibility index (Phi) is 3.46. The molecule has 2 aliphatic heterocycles. The zero-order chi connectivity index (χ0) is 16.1. The molecule has 3 rings (SSSR count). The highest BCUT2D eigenvalue weighted by Gasteiger charge is 2.43. The molecule has 1 aliphatic carbocycles. The molecule has 3 amide bonds. The number of imide groups is 1. The number of nitrogens with one attached hydrogen (secondary N) is 1. The molecule has 2 fully saturated rings. The maximum atomic E-state index is 12.7. The Balaban J connectivity index is 1.93. The van der Waals surface area contributed by atoms with Crippen molar-refractivity contribution in [3.63, 3.8) is 0 Å². The second kappa shape index (κ2) is 5.07. The molecule has 1 atom stereocenters. The van der Waals surface area contributed by atoms with Crippen LogP contribution in [0.25, 0.3) is 0 Å². The summed E-state index contributed by atoms with van der Waals surface area (Å²) in [6.45, 7) is 6.98. The molecule has 3 aliphatic rings. The van der Waals surface area contributed by atoms with Crippen LogP contribution >= 0.6 is 0 Å². The van der Waals surface area contributed by atoms with Crippen LogP contribution < -0.4 is 5.32 Å². The van der Waals surface area contributed by atoms with Crippen LogP contribution in [0, 0.1) is 5.41 Å². The van der Waals surface area contributed by atoms with Gasteiger partial charge in [-0.05, 0) is 30.3 Å². The number of rotatable bonds is 1. The van der Waals surface area contributed by atoms with Gasteiger partial charge in [0.1, 0.15) is 6.04 Å². The highest BCUT2D eigenvalue weighted by atomic mass is 16.2. The molecular weight excluding hydrogens is 280 g/mol. The molecule has 0 spiro atoms. The van der Waals surface area contributed by atoms with Crippen molar-refractivity contribution in [1.29, 1.82) is 0 Å². The number of hydrogen-bond acceptors (Lipinski definition) is 3. The normalized spacial score (nSPS) is 26.1. The minimum Gasteiger partial charge on any atom is -0.322 e. The van der Waals surface area contributed by atoms with Gasteiger partial charge in [0.05, 0.1) is 0 Å². The summed E-state index contributed by atoms with van der Waals surface area (Å²) in [5, 5.41) is 2.34. The first-order valence-corrected chi connectivity index (χ1v) is 7.86. The van der Waals surface area contributed by atoms with Crippen LogP contribution in [-0.2, 0) is 14.4 Å². The second-order valence-electron chi connectivity index (χ2n) is 7.26. The fourth-order valence-corrected chi connectivity index (χ4v) is 3.65. The smallest absolute Gasteiger partial charge is 0.254 e. The van der Waals surface area contributed by atoms with E-state index >= 15 is 0 Å². The van der Waals surface area contributed by atoms with Crippen molar-refractivity contribution in [2.75, 3.05) is 6.54 Å². The van der Waals surface area contributed by atoms with E-state index in [2.05, 4.69) is 26.1 Å². The molecule has 5 nitrogen and oxygen atoms in total. The van der Waals surface area contributed by atoms with E-state index in [1.807, 2.05) is 6.08 Å². The van der Waals surface area contributed by atoms with Crippen LogP contribution in [0.3, 0.4) is 0 Å². The molecule has 2 heterocycles. The standard InChI is InChI=1S/C17H22N2O3/c1-17(2,3)12-6-4-5-10-11(12)9-19(16(10)22)13-7-8-14(20)18-15(13)21/h5,13H,4,6-9H2,1-3H3,(H,18,20,21). The number of allylic oxidation sites excluding steroid dienone is 2. The Morgan fingerprint density at radius 1 is 1.18 bits per heavy atom. The lowest BCUT2D eigenvalue weighted by Gasteiger charge is -2.29. The third-order valence-corrected chi connectivity index (χ3v) is 4.74. The monoisotopic (exact) mass is 302 g/mol. The van der Waals surface area contributed by atoms with E-state index in [4.69, 9.17) is 0 Å². The highest BCUT2D eigenvalue weighted by Crippen LogP contribution is 2.41. The van der Waals surface area contributed by atoms with Gasteiger partial charge in [0.25, 0.3) is 5.91 Å². The molecule has 2 saturated heterocycles. The Bertz CT molecular complexity index is 622. The third kappa shape index (κ3) is 2.38. The molecule has 0 saturated carbocycles. The lowest BCUT2D eigenvalue weighted by Crippen LogP contribution is -2.52. The van der Waals surface area contributed by atoms with Gasteiger partial charge in [0.15, 0.2) is 0 Å². The molecule has 0 bridgehead atoms. The van der Waals surface area contributed by atoms with Gasteiger partial charge in [-0.3, -0.25) is 19.7 Å². The van der Waals surface area contributed by atoms with Crippen molar-refractivity contribution in [3.05, 3.63) is 22.8 Å². The molecule has 0 aromatic heterocycles. The summed E-state index contributed by atoms with van der Waals surface area (Å²) < 4.78 is 0. The fraction of sp³-hybridized carbons (Fsp3) is 0.588. The lowest BCUT2D eigenvalue weighted by atomic mass is 9.77. The second-order valence-corrected chi connectivity index (χ2v) is 7.26. The quantitative estimate of drug-likeness (QED) is 0.750. The zero-order valence-electron chi connectivity index (χ0n) is 13.4. The van der Waals surface area contributed by atoms with Crippen molar-refractivity contribution in [1.82, 2.24) is 10.2 Å². The van der Waals surface area contributed by atoms with Gasteiger partial charge >= 0.3 is 0 Å². The number of piperidine rings is 1. The van der Waals surface area contributed by atoms with Crippen molar-refractivity contribution >= 4 is 17.7 Å². The van der Waals surface area contributed by atoms with Gasteiger partial charge < -0.3 is 4.90 Å². The average Bonchev–Trinajstić information content (AvgIpc) is 2.75. The van der Waals surface area contributed by atoms with E-state index in [0.717, 1.165) is 24.0 Å². The van der Waals surface area contributed by atoms with Gasteiger partial charge in [0.2, 0.25) is 11.8 Å². The van der Waals surface area contributed by atoms with Crippen LogP contribution in [0.1, 0.15) is 46.5 Å². The maximum absolute atomic E-state index is 12.7. The number of amides is 3. The summed E-state index contributed by atoms with van der Waals surface area (Å²) in [6, 6.07) is -0.523. The van der Waals surface area contributed by atoms with E-state index < -0.39 is 6.04 Å². The van der Waals surface area contributed by atoms with Crippen LogP contribution in [0.5, 0.6) is 0 Å².